The molecule has 2 aliphatic heterocycles. The Balaban J connectivity index is 1.53. The maximum absolute atomic E-state index is 15.1. The Labute approximate surface area is 196 Å². The molecule has 0 aromatic heterocycles. The van der Waals surface area contributed by atoms with Crippen LogP contribution in [0.2, 0.25) is 0 Å². The van der Waals surface area contributed by atoms with E-state index in [9.17, 15) is 13.2 Å². The number of anilines is 1. The Morgan fingerprint density at radius 1 is 1.03 bits per heavy atom. The Hall–Kier alpha value is -2.45. The fourth-order valence-corrected chi connectivity index (χ4v) is 6.88. The van der Waals surface area contributed by atoms with Crippen LogP contribution in [0.5, 0.6) is 0 Å². The van der Waals surface area contributed by atoms with Gasteiger partial charge in [-0.05, 0) is 36.5 Å². The third-order valence-corrected chi connectivity index (χ3v) is 9.03. The number of hydrogen-bond acceptors (Lipinski definition) is 4. The van der Waals surface area contributed by atoms with Crippen LogP contribution in [0.1, 0.15) is 43.1 Å². The second kappa shape index (κ2) is 9.81. The minimum Gasteiger partial charge on any atom is -0.368 e. The lowest BCUT2D eigenvalue weighted by Crippen LogP contribution is -2.48. The van der Waals surface area contributed by atoms with E-state index in [4.69, 9.17) is 0 Å². The number of carbonyl (C=O) groups excluding carboxylic acids is 1. The van der Waals surface area contributed by atoms with Crippen LogP contribution in [0.4, 0.5) is 10.1 Å². The molecule has 0 N–H and O–H groups in total. The standard InChI is InChI=1S/C25H32FN3O3S/c1-19-8-11-25(21-6-4-3-5-7-21)33(31,32)29(17-19)18-22-9-10-23(16-24(22)26)28-14-12-27(13-15-28)20(2)30/h3-7,9-10,16,19,25H,8,11-15,17-18H2,1-2H3. The molecule has 2 atom stereocenters. The van der Waals surface area contributed by atoms with E-state index in [1.165, 1.54) is 10.4 Å². The number of halogens is 1. The van der Waals surface area contributed by atoms with Gasteiger partial charge in [-0.2, -0.15) is 4.31 Å². The predicted octanol–water partition coefficient (Wildman–Crippen LogP) is 3.80. The summed E-state index contributed by atoms with van der Waals surface area (Å²) in [5.74, 6) is -0.142. The zero-order chi connectivity index (χ0) is 23.6. The molecule has 0 spiro atoms. The van der Waals surface area contributed by atoms with Gasteiger partial charge in [0.25, 0.3) is 0 Å². The summed E-state index contributed by atoms with van der Waals surface area (Å²) in [7, 11) is -3.63. The van der Waals surface area contributed by atoms with Gasteiger partial charge in [-0.25, -0.2) is 12.8 Å². The summed E-state index contributed by atoms with van der Waals surface area (Å²) in [6.07, 6.45) is 1.38. The molecule has 2 saturated heterocycles. The maximum Gasteiger partial charge on any atom is 0.221 e. The highest BCUT2D eigenvalue weighted by molar-refractivity contribution is 7.89. The van der Waals surface area contributed by atoms with Crippen molar-refractivity contribution in [2.24, 2.45) is 5.92 Å². The zero-order valence-corrected chi connectivity index (χ0v) is 20.1. The molecule has 6 nitrogen and oxygen atoms in total. The van der Waals surface area contributed by atoms with Crippen molar-refractivity contribution in [1.29, 1.82) is 0 Å². The van der Waals surface area contributed by atoms with Crippen molar-refractivity contribution < 1.29 is 17.6 Å². The third kappa shape index (κ3) is 5.22. The number of benzene rings is 2. The van der Waals surface area contributed by atoms with Gasteiger partial charge in [0.15, 0.2) is 0 Å². The van der Waals surface area contributed by atoms with E-state index in [1.807, 2.05) is 36.4 Å². The SMILES string of the molecule is CC(=O)N1CCN(c2ccc(CN3CC(C)CCC(c4ccccc4)S3(=O)=O)c(F)c2)CC1. The molecule has 8 heteroatoms. The molecule has 178 valence electrons. The summed E-state index contributed by atoms with van der Waals surface area (Å²) >= 11 is 0. The van der Waals surface area contributed by atoms with Crippen LogP contribution in [0.3, 0.4) is 0 Å². The van der Waals surface area contributed by atoms with Crippen molar-refractivity contribution >= 4 is 21.6 Å². The highest BCUT2D eigenvalue weighted by Gasteiger charge is 2.37. The second-order valence-corrected chi connectivity index (χ2v) is 11.3. The Morgan fingerprint density at radius 2 is 1.73 bits per heavy atom. The molecule has 2 fully saturated rings. The van der Waals surface area contributed by atoms with Crippen molar-refractivity contribution in [1.82, 2.24) is 9.21 Å². The first kappa shape index (κ1) is 23.7. The molecule has 4 rings (SSSR count). The van der Waals surface area contributed by atoms with Gasteiger partial charge in [-0.15, -0.1) is 0 Å². The van der Waals surface area contributed by atoms with E-state index >= 15 is 4.39 Å². The third-order valence-electron chi connectivity index (χ3n) is 6.80. The molecule has 1 amide bonds. The van der Waals surface area contributed by atoms with Gasteiger partial charge in [0.2, 0.25) is 15.9 Å². The normalized spacial score (nSPS) is 23.8. The lowest BCUT2D eigenvalue weighted by atomic mass is 10.0. The van der Waals surface area contributed by atoms with Gasteiger partial charge in [-0.1, -0.05) is 43.3 Å². The van der Waals surface area contributed by atoms with E-state index in [0.717, 1.165) is 17.7 Å². The van der Waals surface area contributed by atoms with Gasteiger partial charge in [-0.3, -0.25) is 4.79 Å². The minimum atomic E-state index is -3.63. The van der Waals surface area contributed by atoms with Crippen LogP contribution in [-0.2, 0) is 21.4 Å². The number of piperazine rings is 1. The van der Waals surface area contributed by atoms with Crippen LogP contribution in [0.25, 0.3) is 0 Å². The van der Waals surface area contributed by atoms with E-state index in [2.05, 4.69) is 11.8 Å². The number of nitrogens with zero attached hydrogens (tertiary/aromatic N) is 3. The molecular formula is C25H32FN3O3S. The summed E-state index contributed by atoms with van der Waals surface area (Å²) in [5.41, 5.74) is 1.93. The Kier molecular flexibility index (Phi) is 7.05. The fourth-order valence-electron chi connectivity index (χ4n) is 4.80. The van der Waals surface area contributed by atoms with Crippen LogP contribution in [0.15, 0.2) is 48.5 Å². The quantitative estimate of drug-likeness (QED) is 0.678. The average molecular weight is 474 g/mol. The average Bonchev–Trinajstić information content (AvgIpc) is 2.91. The van der Waals surface area contributed by atoms with Crippen molar-refractivity contribution in [2.75, 3.05) is 37.6 Å². The van der Waals surface area contributed by atoms with Gasteiger partial charge in [0.05, 0.1) is 0 Å². The fraction of sp³-hybridized carbons (Fsp3) is 0.480. The molecule has 2 aliphatic rings. The summed E-state index contributed by atoms with van der Waals surface area (Å²) in [5, 5.41) is -0.608. The predicted molar refractivity (Wildman–Crippen MR) is 128 cm³/mol. The van der Waals surface area contributed by atoms with Crippen molar-refractivity contribution in [2.45, 2.75) is 38.5 Å². The minimum absolute atomic E-state index is 0.0280. The van der Waals surface area contributed by atoms with Gasteiger partial charge >= 0.3 is 0 Å². The lowest BCUT2D eigenvalue weighted by molar-refractivity contribution is -0.129. The highest BCUT2D eigenvalue weighted by atomic mass is 32.2. The molecule has 2 aromatic rings. The monoisotopic (exact) mass is 473 g/mol. The molecule has 2 heterocycles. The van der Waals surface area contributed by atoms with Crippen LogP contribution >= 0.6 is 0 Å². The van der Waals surface area contributed by atoms with E-state index in [0.29, 0.717) is 44.7 Å². The lowest BCUT2D eigenvalue weighted by Gasteiger charge is -2.35. The molecule has 0 radical (unpaired) electrons. The molecule has 0 aliphatic carbocycles. The number of sulfonamides is 1. The largest absolute Gasteiger partial charge is 0.368 e. The molecule has 0 bridgehead atoms. The number of rotatable bonds is 4. The topological polar surface area (TPSA) is 60.9 Å². The molecular weight excluding hydrogens is 441 g/mol. The smallest absolute Gasteiger partial charge is 0.221 e. The Bertz CT molecular complexity index is 1090. The van der Waals surface area contributed by atoms with Crippen molar-refractivity contribution in [3.63, 3.8) is 0 Å². The van der Waals surface area contributed by atoms with Crippen LogP contribution in [-0.4, -0.2) is 56.3 Å². The molecule has 2 unspecified atom stereocenters. The summed E-state index contributed by atoms with van der Waals surface area (Å²) in [6.45, 7) is 6.55. The molecule has 0 saturated carbocycles. The first-order valence-corrected chi connectivity index (χ1v) is 13.1. The van der Waals surface area contributed by atoms with Gasteiger partial charge in [0, 0.05) is 57.4 Å². The van der Waals surface area contributed by atoms with Crippen LogP contribution < -0.4 is 4.90 Å². The van der Waals surface area contributed by atoms with Crippen molar-refractivity contribution in [3.05, 3.63) is 65.5 Å². The molecule has 2 aromatic carbocycles. The van der Waals surface area contributed by atoms with E-state index in [-0.39, 0.29) is 18.4 Å². The zero-order valence-electron chi connectivity index (χ0n) is 19.3. The maximum atomic E-state index is 15.1. The number of carbonyl (C=O) groups is 1. The van der Waals surface area contributed by atoms with Crippen LogP contribution in [0, 0.1) is 11.7 Å². The van der Waals surface area contributed by atoms with Gasteiger partial charge in [0.1, 0.15) is 11.1 Å². The van der Waals surface area contributed by atoms with Gasteiger partial charge < -0.3 is 9.80 Å². The first-order chi connectivity index (χ1) is 15.8. The summed E-state index contributed by atoms with van der Waals surface area (Å²) in [4.78, 5) is 15.4. The van der Waals surface area contributed by atoms with Crippen molar-refractivity contribution in [3.8, 4) is 0 Å². The number of amides is 1. The summed E-state index contributed by atoms with van der Waals surface area (Å²) < 4.78 is 43.7. The second-order valence-electron chi connectivity index (χ2n) is 9.19. The van der Waals surface area contributed by atoms with E-state index < -0.39 is 21.1 Å². The Morgan fingerprint density at radius 3 is 2.36 bits per heavy atom. The van der Waals surface area contributed by atoms with E-state index in [1.54, 1.807) is 17.9 Å². The summed E-state index contributed by atoms with van der Waals surface area (Å²) in [6, 6.07) is 14.4. The first-order valence-electron chi connectivity index (χ1n) is 11.6. The molecule has 33 heavy (non-hydrogen) atoms. The number of hydrogen-bond donors (Lipinski definition) is 0. The highest BCUT2D eigenvalue weighted by Crippen LogP contribution is 2.36.